The minimum absolute atomic E-state index is 0.253. The number of hydrogen-bond donors (Lipinski definition) is 2. The highest BCUT2D eigenvalue weighted by Crippen LogP contribution is 2.29. The summed E-state index contributed by atoms with van der Waals surface area (Å²) in [6.07, 6.45) is -4.70. The summed E-state index contributed by atoms with van der Waals surface area (Å²) in [6.45, 7) is 0. The van der Waals surface area contributed by atoms with Gasteiger partial charge in [-0.25, -0.2) is 4.98 Å². The van der Waals surface area contributed by atoms with Crippen molar-refractivity contribution in [1.29, 1.82) is 0 Å². The number of nitrogens with two attached hydrogens (primary N) is 1. The summed E-state index contributed by atoms with van der Waals surface area (Å²) in [6, 6.07) is 18.8. The molecule has 0 spiro atoms. The Labute approximate surface area is 152 Å². The van der Waals surface area contributed by atoms with Crippen LogP contribution in [-0.2, 0) is 0 Å². The zero-order chi connectivity index (χ0) is 19.0. The Kier molecular flexibility index (Phi) is 3.99. The zero-order valence-corrected chi connectivity index (χ0v) is 13.9. The molecule has 0 fully saturated rings. The van der Waals surface area contributed by atoms with Crippen molar-refractivity contribution in [3.8, 4) is 28.3 Å². The Balaban J connectivity index is 1.65. The van der Waals surface area contributed by atoms with Gasteiger partial charge in [-0.2, -0.15) is 0 Å². The predicted octanol–water partition coefficient (Wildman–Crippen LogP) is 5.38. The standard InChI is InChI=1S/C20H14F3N3O/c21-20(22,23)27-16-7-4-12(5-8-16)13-2-1-3-14(10-13)19-25-17-9-6-15(24)11-18(17)26-19/h1-11H,24H2,(H,25,26). The molecule has 136 valence electrons. The second-order valence-electron chi connectivity index (χ2n) is 6.01. The second-order valence-corrected chi connectivity index (χ2v) is 6.01. The van der Waals surface area contributed by atoms with Crippen LogP contribution in [0.15, 0.2) is 66.7 Å². The van der Waals surface area contributed by atoms with Gasteiger partial charge >= 0.3 is 6.36 Å². The third kappa shape index (κ3) is 3.72. The van der Waals surface area contributed by atoms with Crippen molar-refractivity contribution in [2.75, 3.05) is 5.73 Å². The number of nitrogens with zero attached hydrogens (tertiary/aromatic N) is 1. The highest BCUT2D eigenvalue weighted by atomic mass is 19.4. The van der Waals surface area contributed by atoms with Crippen molar-refractivity contribution in [3.05, 3.63) is 66.7 Å². The molecule has 0 saturated heterocycles. The van der Waals surface area contributed by atoms with Crippen molar-refractivity contribution >= 4 is 16.7 Å². The van der Waals surface area contributed by atoms with Crippen LogP contribution in [0.3, 0.4) is 0 Å². The molecule has 27 heavy (non-hydrogen) atoms. The van der Waals surface area contributed by atoms with Gasteiger partial charge in [0.15, 0.2) is 0 Å². The fraction of sp³-hybridized carbons (Fsp3) is 0.0500. The van der Waals surface area contributed by atoms with E-state index < -0.39 is 6.36 Å². The maximum Gasteiger partial charge on any atom is 0.573 e. The number of aromatic nitrogens is 2. The van der Waals surface area contributed by atoms with E-state index in [0.717, 1.165) is 27.7 Å². The number of benzene rings is 3. The Morgan fingerprint density at radius 2 is 1.59 bits per heavy atom. The van der Waals surface area contributed by atoms with E-state index in [1.165, 1.54) is 12.1 Å². The number of nitrogens with one attached hydrogen (secondary N) is 1. The fourth-order valence-corrected chi connectivity index (χ4v) is 2.86. The van der Waals surface area contributed by atoms with E-state index in [-0.39, 0.29) is 5.75 Å². The number of nitrogen functional groups attached to an aromatic ring is 1. The average molecular weight is 369 g/mol. The SMILES string of the molecule is Nc1ccc2nc(-c3cccc(-c4ccc(OC(F)(F)F)cc4)c3)[nH]c2c1. The number of halogens is 3. The maximum atomic E-state index is 12.3. The van der Waals surface area contributed by atoms with E-state index in [0.29, 0.717) is 11.5 Å². The first-order chi connectivity index (χ1) is 12.9. The van der Waals surface area contributed by atoms with E-state index in [1.807, 2.05) is 36.4 Å². The third-order valence-electron chi connectivity index (χ3n) is 4.06. The first kappa shape index (κ1) is 17.0. The van der Waals surface area contributed by atoms with Gasteiger partial charge in [-0.1, -0.05) is 30.3 Å². The molecule has 0 amide bonds. The van der Waals surface area contributed by atoms with E-state index in [1.54, 1.807) is 18.2 Å². The van der Waals surface area contributed by atoms with Crippen LogP contribution in [0.2, 0.25) is 0 Å². The lowest BCUT2D eigenvalue weighted by molar-refractivity contribution is -0.274. The molecular weight excluding hydrogens is 355 g/mol. The van der Waals surface area contributed by atoms with Gasteiger partial charge in [-0.3, -0.25) is 0 Å². The normalized spacial score (nSPS) is 11.7. The summed E-state index contributed by atoms with van der Waals surface area (Å²) in [5.74, 6) is 0.437. The summed E-state index contributed by atoms with van der Waals surface area (Å²) >= 11 is 0. The topological polar surface area (TPSA) is 63.9 Å². The Hall–Kier alpha value is -3.48. The lowest BCUT2D eigenvalue weighted by Crippen LogP contribution is -2.16. The minimum Gasteiger partial charge on any atom is -0.406 e. The Bertz CT molecular complexity index is 1100. The van der Waals surface area contributed by atoms with Gasteiger partial charge in [-0.15, -0.1) is 13.2 Å². The molecular formula is C20H14F3N3O. The number of aromatic amines is 1. The molecule has 0 atom stereocenters. The largest absolute Gasteiger partial charge is 0.573 e. The Morgan fingerprint density at radius 3 is 2.33 bits per heavy atom. The maximum absolute atomic E-state index is 12.3. The van der Waals surface area contributed by atoms with Crippen LogP contribution in [0.4, 0.5) is 18.9 Å². The van der Waals surface area contributed by atoms with Crippen LogP contribution in [0, 0.1) is 0 Å². The molecule has 0 aliphatic carbocycles. The van der Waals surface area contributed by atoms with Crippen LogP contribution in [-0.4, -0.2) is 16.3 Å². The molecule has 0 saturated carbocycles. The number of hydrogen-bond acceptors (Lipinski definition) is 3. The number of ether oxygens (including phenoxy) is 1. The molecule has 4 rings (SSSR count). The van der Waals surface area contributed by atoms with Crippen LogP contribution in [0.5, 0.6) is 5.75 Å². The first-order valence-electron chi connectivity index (χ1n) is 8.09. The van der Waals surface area contributed by atoms with Crippen LogP contribution in [0.25, 0.3) is 33.5 Å². The number of imidazole rings is 1. The summed E-state index contributed by atoms with van der Waals surface area (Å²) in [4.78, 5) is 7.79. The molecule has 1 aromatic heterocycles. The van der Waals surface area contributed by atoms with E-state index in [4.69, 9.17) is 5.73 Å². The van der Waals surface area contributed by atoms with Gasteiger partial charge in [0.2, 0.25) is 0 Å². The van der Waals surface area contributed by atoms with Gasteiger partial charge in [0.25, 0.3) is 0 Å². The molecule has 4 aromatic rings. The average Bonchev–Trinajstić information content (AvgIpc) is 3.04. The lowest BCUT2D eigenvalue weighted by atomic mass is 10.0. The number of fused-ring (bicyclic) bond motifs is 1. The molecule has 1 heterocycles. The molecule has 0 bridgehead atoms. The quantitative estimate of drug-likeness (QED) is 0.477. The van der Waals surface area contributed by atoms with E-state index >= 15 is 0 Å². The fourth-order valence-electron chi connectivity index (χ4n) is 2.86. The molecule has 0 radical (unpaired) electrons. The van der Waals surface area contributed by atoms with Crippen molar-refractivity contribution < 1.29 is 17.9 Å². The molecule has 3 N–H and O–H groups in total. The molecule has 0 aliphatic heterocycles. The second kappa shape index (κ2) is 6.35. The number of alkyl halides is 3. The highest BCUT2D eigenvalue weighted by Gasteiger charge is 2.30. The van der Waals surface area contributed by atoms with Crippen molar-refractivity contribution in [1.82, 2.24) is 9.97 Å². The molecule has 4 nitrogen and oxygen atoms in total. The molecule has 0 unspecified atom stereocenters. The van der Waals surface area contributed by atoms with Crippen LogP contribution in [0.1, 0.15) is 0 Å². The lowest BCUT2D eigenvalue weighted by Gasteiger charge is -2.09. The van der Waals surface area contributed by atoms with Crippen molar-refractivity contribution in [3.63, 3.8) is 0 Å². The highest BCUT2D eigenvalue weighted by molar-refractivity contribution is 5.83. The molecule has 0 aliphatic rings. The summed E-state index contributed by atoms with van der Waals surface area (Å²) in [5, 5.41) is 0. The summed E-state index contributed by atoms with van der Waals surface area (Å²) in [5.41, 5.74) is 10.6. The molecule has 7 heteroatoms. The van der Waals surface area contributed by atoms with Crippen molar-refractivity contribution in [2.24, 2.45) is 0 Å². The number of anilines is 1. The number of rotatable bonds is 3. The van der Waals surface area contributed by atoms with Crippen LogP contribution < -0.4 is 10.5 Å². The van der Waals surface area contributed by atoms with Gasteiger partial charge in [0, 0.05) is 11.3 Å². The Morgan fingerprint density at radius 1 is 0.852 bits per heavy atom. The minimum atomic E-state index is -4.70. The monoisotopic (exact) mass is 369 g/mol. The zero-order valence-electron chi connectivity index (χ0n) is 13.9. The van der Waals surface area contributed by atoms with Crippen LogP contribution >= 0.6 is 0 Å². The third-order valence-corrected chi connectivity index (χ3v) is 4.06. The van der Waals surface area contributed by atoms with Gasteiger partial charge in [0.1, 0.15) is 11.6 Å². The smallest absolute Gasteiger partial charge is 0.406 e. The first-order valence-corrected chi connectivity index (χ1v) is 8.09. The van der Waals surface area contributed by atoms with Crippen molar-refractivity contribution in [2.45, 2.75) is 6.36 Å². The number of H-pyrrole nitrogens is 1. The van der Waals surface area contributed by atoms with Gasteiger partial charge in [-0.05, 0) is 47.5 Å². The van der Waals surface area contributed by atoms with Gasteiger partial charge < -0.3 is 15.5 Å². The van der Waals surface area contributed by atoms with Gasteiger partial charge in [0.05, 0.1) is 11.0 Å². The van der Waals surface area contributed by atoms with E-state index in [9.17, 15) is 13.2 Å². The predicted molar refractivity (Wildman–Crippen MR) is 98.1 cm³/mol. The summed E-state index contributed by atoms with van der Waals surface area (Å²) < 4.78 is 40.7. The van der Waals surface area contributed by atoms with E-state index in [2.05, 4.69) is 14.7 Å². The molecule has 3 aromatic carbocycles. The summed E-state index contributed by atoms with van der Waals surface area (Å²) in [7, 11) is 0.